The van der Waals surface area contributed by atoms with Gasteiger partial charge in [0.05, 0.1) is 6.54 Å². The fraction of sp³-hybridized carbons (Fsp3) is 0.857. The Labute approximate surface area is 108 Å². The van der Waals surface area contributed by atoms with Crippen LogP contribution in [0.4, 0.5) is 0 Å². The predicted octanol–water partition coefficient (Wildman–Crippen LogP) is 1.92. The highest BCUT2D eigenvalue weighted by Gasteiger charge is 2.52. The molecule has 18 heavy (non-hydrogen) atoms. The molecule has 4 aliphatic rings. The van der Waals surface area contributed by atoms with Crippen LogP contribution in [0.2, 0.25) is 0 Å². The summed E-state index contributed by atoms with van der Waals surface area (Å²) in [6, 6.07) is 0. The summed E-state index contributed by atoms with van der Waals surface area (Å²) < 4.78 is 2.42. The summed E-state index contributed by atoms with van der Waals surface area (Å²) in [5.74, 6) is 4.04. The van der Waals surface area contributed by atoms with Crippen LogP contribution in [-0.4, -0.2) is 21.8 Å². The zero-order valence-corrected chi connectivity index (χ0v) is 11.1. The lowest BCUT2D eigenvalue weighted by atomic mass is 9.53. The van der Waals surface area contributed by atoms with Gasteiger partial charge in [-0.3, -0.25) is 0 Å². The maximum Gasteiger partial charge on any atom is 0.147 e. The molecule has 0 spiro atoms. The van der Waals surface area contributed by atoms with E-state index in [0.717, 1.165) is 30.1 Å². The molecule has 1 N–H and O–H groups in total. The van der Waals surface area contributed by atoms with E-state index in [2.05, 4.69) is 20.1 Å². The van der Waals surface area contributed by atoms with E-state index in [1.165, 1.54) is 38.5 Å². The molecule has 0 aromatic carbocycles. The first kappa shape index (κ1) is 11.0. The molecular weight excluding hydrogens is 224 g/mol. The quantitative estimate of drug-likeness (QED) is 0.886. The summed E-state index contributed by atoms with van der Waals surface area (Å²) >= 11 is 0. The molecule has 1 heterocycles. The number of hydrogen-bond donors (Lipinski definition) is 1. The molecule has 0 saturated heterocycles. The molecule has 1 aromatic heterocycles. The van der Waals surface area contributed by atoms with Crippen molar-refractivity contribution < 1.29 is 0 Å². The van der Waals surface area contributed by atoms with Crippen LogP contribution in [0.15, 0.2) is 6.33 Å². The maximum absolute atomic E-state index is 4.31. The second kappa shape index (κ2) is 3.80. The van der Waals surface area contributed by atoms with Crippen molar-refractivity contribution in [3.63, 3.8) is 0 Å². The highest BCUT2D eigenvalue weighted by Crippen LogP contribution is 2.58. The average Bonchev–Trinajstić information content (AvgIpc) is 2.76. The van der Waals surface area contributed by atoms with Gasteiger partial charge in [-0.15, -0.1) is 10.2 Å². The van der Waals surface area contributed by atoms with E-state index < -0.39 is 0 Å². The Morgan fingerprint density at radius 2 is 1.83 bits per heavy atom. The van der Waals surface area contributed by atoms with Crippen molar-refractivity contribution in [1.29, 1.82) is 0 Å². The Kier molecular flexibility index (Phi) is 2.31. The minimum Gasteiger partial charge on any atom is -0.313 e. The number of rotatable bonds is 3. The van der Waals surface area contributed by atoms with Crippen LogP contribution in [-0.2, 0) is 12.1 Å². The first-order valence-corrected chi connectivity index (χ1v) is 7.33. The molecule has 4 heteroatoms. The molecule has 0 radical (unpaired) electrons. The maximum atomic E-state index is 4.31. The van der Waals surface area contributed by atoms with E-state index in [-0.39, 0.29) is 0 Å². The molecule has 4 bridgehead atoms. The van der Waals surface area contributed by atoms with Gasteiger partial charge in [-0.05, 0) is 63.3 Å². The third kappa shape index (κ3) is 1.48. The number of nitrogens with zero attached hydrogens (tertiary/aromatic N) is 3. The molecule has 4 aliphatic carbocycles. The molecule has 0 amide bonds. The Hall–Kier alpha value is -0.900. The molecule has 4 saturated carbocycles. The second-order valence-electron chi connectivity index (χ2n) is 6.79. The number of nitrogens with one attached hydrogen (secondary N) is 1. The number of hydrogen-bond acceptors (Lipinski definition) is 3. The van der Waals surface area contributed by atoms with Gasteiger partial charge in [0.2, 0.25) is 0 Å². The lowest BCUT2D eigenvalue weighted by molar-refractivity contribution is -0.0446. The van der Waals surface area contributed by atoms with E-state index in [9.17, 15) is 0 Å². The first-order chi connectivity index (χ1) is 8.79. The lowest BCUT2D eigenvalue weighted by Crippen LogP contribution is -2.52. The van der Waals surface area contributed by atoms with E-state index >= 15 is 0 Å². The van der Waals surface area contributed by atoms with Crippen molar-refractivity contribution in [2.45, 2.75) is 50.6 Å². The third-order valence-corrected chi connectivity index (χ3v) is 5.47. The van der Waals surface area contributed by atoms with E-state index in [0.29, 0.717) is 5.54 Å². The van der Waals surface area contributed by atoms with Crippen LogP contribution in [0.3, 0.4) is 0 Å². The van der Waals surface area contributed by atoms with Gasteiger partial charge < -0.3 is 9.88 Å². The Morgan fingerprint density at radius 1 is 1.22 bits per heavy atom. The second-order valence-corrected chi connectivity index (χ2v) is 6.79. The minimum absolute atomic E-state index is 0.366. The summed E-state index contributed by atoms with van der Waals surface area (Å²) in [6.07, 6.45) is 10.6. The van der Waals surface area contributed by atoms with Gasteiger partial charge in [-0.2, -0.15) is 0 Å². The van der Waals surface area contributed by atoms with Crippen molar-refractivity contribution >= 4 is 0 Å². The summed E-state index contributed by atoms with van der Waals surface area (Å²) in [4.78, 5) is 0. The topological polar surface area (TPSA) is 42.7 Å². The van der Waals surface area contributed by atoms with Gasteiger partial charge in [-0.25, -0.2) is 0 Å². The fourth-order valence-corrected chi connectivity index (χ4v) is 5.29. The van der Waals surface area contributed by atoms with Crippen LogP contribution in [0.1, 0.15) is 44.3 Å². The van der Waals surface area contributed by atoms with E-state index in [1.807, 2.05) is 13.4 Å². The summed E-state index contributed by atoms with van der Waals surface area (Å²) in [6.45, 7) is 0.835. The number of aromatic nitrogens is 3. The molecule has 4 fully saturated rings. The smallest absolute Gasteiger partial charge is 0.147 e. The van der Waals surface area contributed by atoms with Gasteiger partial charge in [0.15, 0.2) is 0 Å². The molecule has 1 aromatic rings. The van der Waals surface area contributed by atoms with Crippen LogP contribution < -0.4 is 5.32 Å². The highest BCUT2D eigenvalue weighted by atomic mass is 15.3. The summed E-state index contributed by atoms with van der Waals surface area (Å²) in [5, 5.41) is 11.7. The van der Waals surface area contributed by atoms with E-state index in [4.69, 9.17) is 0 Å². The van der Waals surface area contributed by atoms with Crippen molar-refractivity contribution in [2.75, 3.05) is 7.05 Å². The van der Waals surface area contributed by atoms with Crippen LogP contribution in [0.5, 0.6) is 0 Å². The van der Waals surface area contributed by atoms with Crippen molar-refractivity contribution in [3.05, 3.63) is 12.2 Å². The fourth-order valence-electron chi connectivity index (χ4n) is 5.29. The van der Waals surface area contributed by atoms with Gasteiger partial charge >= 0.3 is 0 Å². The SMILES string of the molecule is CNCc1nncn1C12CC3CC(CC(C3)C1)C2. The molecule has 0 aliphatic heterocycles. The predicted molar refractivity (Wildman–Crippen MR) is 68.9 cm³/mol. The third-order valence-electron chi connectivity index (χ3n) is 5.47. The van der Waals surface area contributed by atoms with Crippen molar-refractivity contribution in [1.82, 2.24) is 20.1 Å². The van der Waals surface area contributed by atoms with Crippen LogP contribution >= 0.6 is 0 Å². The van der Waals surface area contributed by atoms with Gasteiger partial charge in [0.25, 0.3) is 0 Å². The standard InChI is InChI=1S/C14H22N4/c1-15-8-13-17-16-9-18(13)14-5-10-2-11(6-14)4-12(3-10)7-14/h9-12,15H,2-8H2,1H3. The van der Waals surface area contributed by atoms with Gasteiger partial charge in [0, 0.05) is 5.54 Å². The van der Waals surface area contributed by atoms with Crippen LogP contribution in [0.25, 0.3) is 0 Å². The Balaban J connectivity index is 1.72. The largest absolute Gasteiger partial charge is 0.313 e. The van der Waals surface area contributed by atoms with Crippen LogP contribution in [0, 0.1) is 17.8 Å². The van der Waals surface area contributed by atoms with Gasteiger partial charge in [0.1, 0.15) is 12.2 Å². The van der Waals surface area contributed by atoms with Crippen molar-refractivity contribution in [2.24, 2.45) is 17.8 Å². The molecule has 0 unspecified atom stereocenters. The Bertz CT molecular complexity index is 415. The lowest BCUT2D eigenvalue weighted by Gasteiger charge is -2.57. The minimum atomic E-state index is 0.366. The monoisotopic (exact) mass is 246 g/mol. The molecule has 0 atom stereocenters. The average molecular weight is 246 g/mol. The highest BCUT2D eigenvalue weighted by molar-refractivity contribution is 5.08. The molecule has 98 valence electrons. The molecule has 5 rings (SSSR count). The zero-order valence-electron chi connectivity index (χ0n) is 11.1. The Morgan fingerprint density at radius 3 is 2.39 bits per heavy atom. The molecular formula is C14H22N4. The first-order valence-electron chi connectivity index (χ1n) is 7.33. The molecule has 4 nitrogen and oxygen atoms in total. The summed E-state index contributed by atoms with van der Waals surface area (Å²) in [5.41, 5.74) is 0.366. The zero-order chi connectivity index (χ0) is 12.2. The van der Waals surface area contributed by atoms with Gasteiger partial charge in [-0.1, -0.05) is 0 Å². The van der Waals surface area contributed by atoms with Crippen molar-refractivity contribution in [3.8, 4) is 0 Å². The normalized spacial score (nSPS) is 41.5. The van der Waals surface area contributed by atoms with E-state index in [1.54, 1.807) is 0 Å². The summed E-state index contributed by atoms with van der Waals surface area (Å²) in [7, 11) is 1.98.